The monoisotopic (exact) mass is 398 g/mol. The van der Waals surface area contributed by atoms with E-state index in [-0.39, 0.29) is 18.2 Å². The second-order valence-electron chi connectivity index (χ2n) is 5.85. The Kier molecular flexibility index (Phi) is 11.5. The van der Waals surface area contributed by atoms with Gasteiger partial charge in [-0.3, -0.25) is 4.79 Å². The van der Waals surface area contributed by atoms with E-state index >= 15 is 0 Å². The van der Waals surface area contributed by atoms with Crippen LogP contribution in [-0.4, -0.2) is 36.5 Å². The van der Waals surface area contributed by atoms with Crippen molar-refractivity contribution in [1.29, 1.82) is 0 Å². The van der Waals surface area contributed by atoms with Crippen LogP contribution in [0.1, 0.15) is 51.4 Å². The van der Waals surface area contributed by atoms with E-state index in [9.17, 15) is 9.90 Å². The Balaban J connectivity index is 1.97. The van der Waals surface area contributed by atoms with Gasteiger partial charge >= 0.3 is 5.97 Å². The largest absolute Gasteiger partial charge is 0.469 e. The van der Waals surface area contributed by atoms with E-state index in [2.05, 4.69) is 31.4 Å². The molecule has 0 aliphatic carbocycles. The van der Waals surface area contributed by atoms with E-state index in [0.717, 1.165) is 44.9 Å². The molecule has 0 aromatic heterocycles. The smallest absolute Gasteiger partial charge is 0.305 e. The molecule has 134 valence electrons. The molecular formula is C19H27BrO4. The number of esters is 1. The Hall–Kier alpha value is -1.09. The van der Waals surface area contributed by atoms with Gasteiger partial charge in [0.05, 0.1) is 19.3 Å². The van der Waals surface area contributed by atoms with Crippen LogP contribution in [0.4, 0.5) is 0 Å². The highest BCUT2D eigenvalue weighted by atomic mass is 79.9. The summed E-state index contributed by atoms with van der Waals surface area (Å²) in [6.07, 6.45) is 14.7. The number of allylic oxidation sites excluding steroid dienone is 1. The molecule has 0 spiro atoms. The van der Waals surface area contributed by atoms with Crippen molar-refractivity contribution in [3.8, 4) is 10.8 Å². The van der Waals surface area contributed by atoms with Crippen molar-refractivity contribution in [2.75, 3.05) is 7.11 Å². The molecule has 1 saturated heterocycles. The van der Waals surface area contributed by atoms with Gasteiger partial charge in [-0.05, 0) is 30.2 Å². The lowest BCUT2D eigenvalue weighted by Crippen LogP contribution is -2.02. The zero-order valence-corrected chi connectivity index (χ0v) is 15.8. The first kappa shape index (κ1) is 21.0. The van der Waals surface area contributed by atoms with Gasteiger partial charge in [-0.25, -0.2) is 0 Å². The van der Waals surface area contributed by atoms with Gasteiger partial charge in [0, 0.05) is 22.4 Å². The van der Waals surface area contributed by atoms with Gasteiger partial charge in [-0.1, -0.05) is 49.8 Å². The molecule has 0 aromatic carbocycles. The fraction of sp³-hybridized carbons (Fsp3) is 0.632. The molecule has 4 nitrogen and oxygen atoms in total. The number of halogens is 1. The number of aliphatic hydroxyl groups excluding tert-OH is 1. The predicted octanol–water partition coefficient (Wildman–Crippen LogP) is 3.88. The number of methoxy groups -OCH3 is 1. The van der Waals surface area contributed by atoms with Crippen molar-refractivity contribution >= 4 is 21.9 Å². The number of epoxide rings is 1. The summed E-state index contributed by atoms with van der Waals surface area (Å²) in [7, 11) is 1.42. The lowest BCUT2D eigenvalue weighted by molar-refractivity contribution is -0.140. The molecule has 1 aliphatic rings. The fourth-order valence-electron chi connectivity index (χ4n) is 2.40. The summed E-state index contributed by atoms with van der Waals surface area (Å²) in [6.45, 7) is 0. The first-order chi connectivity index (χ1) is 11.7. The molecule has 3 atom stereocenters. The fourth-order valence-corrected chi connectivity index (χ4v) is 2.53. The molecule has 1 heterocycles. The highest BCUT2D eigenvalue weighted by Crippen LogP contribution is 2.27. The predicted molar refractivity (Wildman–Crippen MR) is 98.6 cm³/mol. The number of carbonyl (C=O) groups is 1. The molecule has 1 aliphatic heterocycles. The van der Waals surface area contributed by atoms with Gasteiger partial charge in [-0.2, -0.15) is 0 Å². The molecule has 0 radical (unpaired) electrons. The summed E-state index contributed by atoms with van der Waals surface area (Å²) in [4.78, 5) is 13.6. The SMILES string of the molecule is COC(=O)CCCCCCCC(O)C=CC1OC1CC=CC#CBr. The number of rotatable bonds is 12. The lowest BCUT2D eigenvalue weighted by atomic mass is 10.1. The Morgan fingerprint density at radius 1 is 1.33 bits per heavy atom. The van der Waals surface area contributed by atoms with Crippen molar-refractivity contribution in [3.63, 3.8) is 0 Å². The molecule has 1 N–H and O–H groups in total. The molecule has 5 heteroatoms. The van der Waals surface area contributed by atoms with Crippen molar-refractivity contribution in [3.05, 3.63) is 24.3 Å². The quantitative estimate of drug-likeness (QED) is 0.178. The van der Waals surface area contributed by atoms with E-state index in [0.29, 0.717) is 6.42 Å². The Bertz CT molecular complexity index is 475. The van der Waals surface area contributed by atoms with Gasteiger partial charge in [0.2, 0.25) is 0 Å². The molecule has 0 aromatic rings. The Morgan fingerprint density at radius 2 is 2.08 bits per heavy atom. The van der Waals surface area contributed by atoms with Crippen molar-refractivity contribution < 1.29 is 19.4 Å². The van der Waals surface area contributed by atoms with Crippen LogP contribution in [0.15, 0.2) is 24.3 Å². The number of hydrogen-bond acceptors (Lipinski definition) is 4. The minimum atomic E-state index is -0.403. The molecule has 0 bridgehead atoms. The van der Waals surface area contributed by atoms with E-state index in [1.54, 1.807) is 6.08 Å². The van der Waals surface area contributed by atoms with Crippen LogP contribution in [0.5, 0.6) is 0 Å². The first-order valence-electron chi connectivity index (χ1n) is 8.52. The Labute approximate surface area is 153 Å². The van der Waals surface area contributed by atoms with Crippen LogP contribution in [0.2, 0.25) is 0 Å². The van der Waals surface area contributed by atoms with Crippen LogP contribution < -0.4 is 0 Å². The maximum absolute atomic E-state index is 10.9. The molecule has 24 heavy (non-hydrogen) atoms. The molecule has 1 rings (SSSR count). The van der Waals surface area contributed by atoms with Gasteiger partial charge < -0.3 is 14.6 Å². The number of aliphatic hydroxyl groups is 1. The van der Waals surface area contributed by atoms with Gasteiger partial charge in [-0.15, -0.1) is 0 Å². The van der Waals surface area contributed by atoms with E-state index in [4.69, 9.17) is 4.74 Å². The third kappa shape index (κ3) is 10.6. The minimum absolute atomic E-state index is 0.125. The highest BCUT2D eigenvalue weighted by molar-refractivity contribution is 9.12. The van der Waals surface area contributed by atoms with Crippen LogP contribution in [0.25, 0.3) is 0 Å². The topological polar surface area (TPSA) is 59.1 Å². The summed E-state index contributed by atoms with van der Waals surface area (Å²) in [6, 6.07) is 0. The van der Waals surface area contributed by atoms with Crippen molar-refractivity contribution in [1.82, 2.24) is 0 Å². The summed E-state index contributed by atoms with van der Waals surface area (Å²) in [5.74, 6) is 2.66. The first-order valence-corrected chi connectivity index (χ1v) is 9.31. The molecule has 1 fully saturated rings. The third-order valence-electron chi connectivity index (χ3n) is 3.88. The number of carbonyl (C=O) groups excluding carboxylic acids is 1. The minimum Gasteiger partial charge on any atom is -0.469 e. The summed E-state index contributed by atoms with van der Waals surface area (Å²) in [5.41, 5.74) is 0. The van der Waals surface area contributed by atoms with Crippen LogP contribution in [0.3, 0.4) is 0 Å². The average molecular weight is 399 g/mol. The van der Waals surface area contributed by atoms with E-state index in [1.807, 2.05) is 18.2 Å². The summed E-state index contributed by atoms with van der Waals surface area (Å²) in [5, 5.41) is 9.92. The molecular weight excluding hydrogens is 372 g/mol. The number of hydrogen-bond donors (Lipinski definition) is 1. The second kappa shape index (κ2) is 13.2. The Morgan fingerprint density at radius 3 is 2.83 bits per heavy atom. The molecule has 3 unspecified atom stereocenters. The molecule has 0 saturated carbocycles. The number of unbranched alkanes of at least 4 members (excludes halogenated alkanes) is 4. The van der Waals surface area contributed by atoms with E-state index < -0.39 is 6.10 Å². The van der Waals surface area contributed by atoms with Crippen LogP contribution in [0, 0.1) is 10.8 Å². The summed E-state index contributed by atoms with van der Waals surface area (Å²) < 4.78 is 10.1. The third-order valence-corrected chi connectivity index (χ3v) is 4.11. The molecule has 0 amide bonds. The average Bonchev–Trinajstić information content (AvgIpc) is 3.34. The maximum Gasteiger partial charge on any atom is 0.305 e. The highest BCUT2D eigenvalue weighted by Gasteiger charge is 2.34. The van der Waals surface area contributed by atoms with Crippen molar-refractivity contribution in [2.45, 2.75) is 69.7 Å². The van der Waals surface area contributed by atoms with Crippen molar-refractivity contribution in [2.24, 2.45) is 0 Å². The van der Waals surface area contributed by atoms with Crippen LogP contribution in [-0.2, 0) is 14.3 Å². The van der Waals surface area contributed by atoms with Gasteiger partial charge in [0.1, 0.15) is 6.10 Å². The summed E-state index contributed by atoms with van der Waals surface area (Å²) >= 11 is 3.03. The second-order valence-corrected chi connectivity index (χ2v) is 6.25. The standard InChI is InChI=1S/C19H27BrO4/c1-23-19(22)12-8-4-2-3-6-10-16(21)13-14-18-17(24-18)11-7-5-9-15-20/h5,7,13-14,16-18,21H,2-4,6,8,10-12H2,1H3. The lowest BCUT2D eigenvalue weighted by Gasteiger charge is -2.05. The van der Waals surface area contributed by atoms with E-state index in [1.165, 1.54) is 7.11 Å². The maximum atomic E-state index is 10.9. The normalized spacial score (nSPS) is 20.8. The van der Waals surface area contributed by atoms with Gasteiger partial charge in [0.25, 0.3) is 0 Å². The zero-order valence-electron chi connectivity index (χ0n) is 14.2. The van der Waals surface area contributed by atoms with Crippen LogP contribution >= 0.6 is 15.9 Å². The van der Waals surface area contributed by atoms with Gasteiger partial charge in [0.15, 0.2) is 0 Å². The number of ether oxygens (including phenoxy) is 2. The zero-order chi connectivity index (χ0) is 17.6.